The van der Waals surface area contributed by atoms with Gasteiger partial charge in [0.2, 0.25) is 25.9 Å². The molecular weight excluding hydrogens is 1070 g/mol. The second-order valence-electron chi connectivity index (χ2n) is 17.8. The minimum absolute atomic E-state index is 0.0759. The molecule has 0 saturated carbocycles. The highest BCUT2D eigenvalue weighted by atomic mass is 127. The maximum Gasteiger partial charge on any atom is 0.410 e. The van der Waals surface area contributed by atoms with Crippen LogP contribution in [0.25, 0.3) is 11.4 Å². The second kappa shape index (κ2) is 20.7. The fourth-order valence-corrected chi connectivity index (χ4v) is 12.9. The zero-order valence-electron chi connectivity index (χ0n) is 39.6. The number of amides is 3. The molecule has 0 bridgehead atoms. The normalized spacial score (nSPS) is 16.1. The largest absolute Gasteiger partial charge is 0.497 e. The molecule has 1 aromatic heterocycles. The molecule has 2 atom stereocenters. The summed E-state index contributed by atoms with van der Waals surface area (Å²) in [6.07, 6.45) is -0.870. The Bertz CT molecular complexity index is 3100. The third-order valence-electron chi connectivity index (χ3n) is 11.8. The first-order chi connectivity index (χ1) is 33.8. The van der Waals surface area contributed by atoms with Crippen molar-refractivity contribution in [2.24, 2.45) is 0 Å². The van der Waals surface area contributed by atoms with Crippen molar-refractivity contribution in [3.63, 3.8) is 0 Å². The highest BCUT2D eigenvalue weighted by Crippen LogP contribution is 2.39. The molecule has 3 amide bonds. The summed E-state index contributed by atoms with van der Waals surface area (Å²) in [5.41, 5.74) is 1.27. The maximum atomic E-state index is 15.8. The quantitative estimate of drug-likeness (QED) is 0.0776. The van der Waals surface area contributed by atoms with Gasteiger partial charge in [-0.1, -0.05) is 48.5 Å². The standard InChI is InChI=1S/C49H51IN8O11S2/c1-49(2,3)69-48(61)56-29-34(25-35(56)30-57-46(59)39-9-7-8-10-40(39)47(57)60)53-70(62,63)42-24-23-41(50)43(45-51-54-58(52-45)28-33-15-21-38(68-6)22-16-33)44(42)71(64,65)55(26-31-11-17-36(66-4)18-12-31)27-32-13-19-37(67-5)20-14-32/h7-24,34-35,53H,25-30H2,1-6H3. The van der Waals surface area contributed by atoms with Crippen molar-refractivity contribution in [2.75, 3.05) is 34.4 Å². The van der Waals surface area contributed by atoms with Gasteiger partial charge >= 0.3 is 6.09 Å². The van der Waals surface area contributed by atoms with Gasteiger partial charge in [-0.2, -0.15) is 9.10 Å². The van der Waals surface area contributed by atoms with Crippen LogP contribution in [0, 0.1) is 3.57 Å². The van der Waals surface area contributed by atoms with E-state index >= 15 is 16.8 Å². The molecule has 71 heavy (non-hydrogen) atoms. The second-order valence-corrected chi connectivity index (χ2v) is 22.5. The number of nitrogens with zero attached hydrogens (tertiary/aromatic N) is 7. The van der Waals surface area contributed by atoms with Crippen LogP contribution in [0.2, 0.25) is 0 Å². The number of carbonyl (C=O) groups is 3. The number of rotatable bonds is 17. The van der Waals surface area contributed by atoms with Crippen molar-refractivity contribution in [3.8, 4) is 28.6 Å². The molecule has 22 heteroatoms. The monoisotopic (exact) mass is 1120 g/mol. The van der Waals surface area contributed by atoms with Gasteiger partial charge in [-0.15, -0.1) is 10.2 Å². The van der Waals surface area contributed by atoms with Gasteiger partial charge in [0, 0.05) is 35.8 Å². The fraction of sp³-hybridized carbons (Fsp3) is 0.306. The van der Waals surface area contributed by atoms with Gasteiger partial charge in [0.1, 0.15) is 32.6 Å². The first-order valence-corrected chi connectivity index (χ1v) is 26.3. The Morgan fingerprint density at radius 2 is 1.28 bits per heavy atom. The molecule has 0 radical (unpaired) electrons. The number of ether oxygens (including phenoxy) is 4. The molecular formula is C49H51IN8O11S2. The average molecular weight is 1120 g/mol. The number of nitrogens with one attached hydrogen (secondary N) is 1. The fourth-order valence-electron chi connectivity index (χ4n) is 8.36. The van der Waals surface area contributed by atoms with Gasteiger partial charge in [0.15, 0.2) is 0 Å². The lowest BCUT2D eigenvalue weighted by Crippen LogP contribution is -2.46. The van der Waals surface area contributed by atoms with E-state index in [2.05, 4.69) is 20.1 Å². The number of likely N-dealkylation sites (tertiary alicyclic amines) is 1. The van der Waals surface area contributed by atoms with E-state index in [1.165, 1.54) is 40.4 Å². The summed E-state index contributed by atoms with van der Waals surface area (Å²) in [4.78, 5) is 43.2. The van der Waals surface area contributed by atoms with Crippen molar-refractivity contribution in [1.29, 1.82) is 0 Å². The van der Waals surface area contributed by atoms with Crippen LogP contribution in [0.3, 0.4) is 0 Å². The van der Waals surface area contributed by atoms with Crippen LogP contribution in [0.15, 0.2) is 119 Å². The summed E-state index contributed by atoms with van der Waals surface area (Å²) in [6, 6.07) is 27.9. The van der Waals surface area contributed by atoms with Crippen molar-refractivity contribution in [2.45, 2.75) is 74.3 Å². The first kappa shape index (κ1) is 50.9. The van der Waals surface area contributed by atoms with E-state index in [0.717, 1.165) is 10.5 Å². The van der Waals surface area contributed by atoms with E-state index in [9.17, 15) is 14.4 Å². The predicted molar refractivity (Wildman–Crippen MR) is 268 cm³/mol. The van der Waals surface area contributed by atoms with Gasteiger partial charge in [0.05, 0.1) is 50.6 Å². The molecule has 372 valence electrons. The molecule has 6 aromatic rings. The van der Waals surface area contributed by atoms with Crippen LogP contribution in [-0.2, 0) is 44.4 Å². The molecule has 2 unspecified atom stereocenters. The summed E-state index contributed by atoms with van der Waals surface area (Å²) >= 11 is 1.93. The third kappa shape index (κ3) is 11.2. The van der Waals surface area contributed by atoms with E-state index in [1.54, 1.807) is 113 Å². The van der Waals surface area contributed by atoms with Crippen LogP contribution in [0.4, 0.5) is 4.79 Å². The van der Waals surface area contributed by atoms with E-state index in [-0.39, 0.29) is 61.7 Å². The number of fused-ring (bicyclic) bond motifs is 1. The molecule has 0 spiro atoms. The third-order valence-corrected chi connectivity index (χ3v) is 16.3. The average Bonchev–Trinajstić information content (AvgIpc) is 4.04. The van der Waals surface area contributed by atoms with Gasteiger partial charge in [-0.25, -0.2) is 26.4 Å². The number of hydrogen-bond acceptors (Lipinski definition) is 14. The van der Waals surface area contributed by atoms with Crippen molar-refractivity contribution < 1.29 is 50.2 Å². The molecule has 1 fully saturated rings. The Labute approximate surface area is 425 Å². The van der Waals surface area contributed by atoms with Gasteiger partial charge < -0.3 is 23.8 Å². The van der Waals surface area contributed by atoms with Crippen LogP contribution >= 0.6 is 22.6 Å². The Hall–Kier alpha value is -6.47. The minimum Gasteiger partial charge on any atom is -0.497 e. The van der Waals surface area contributed by atoms with Crippen LogP contribution < -0.4 is 18.9 Å². The summed E-state index contributed by atoms with van der Waals surface area (Å²) in [7, 11) is -5.18. The molecule has 1 N–H and O–H groups in total. The molecule has 5 aromatic carbocycles. The minimum atomic E-state index is -4.89. The number of methoxy groups -OCH3 is 3. The summed E-state index contributed by atoms with van der Waals surface area (Å²) in [5.74, 6) is 0.464. The zero-order chi connectivity index (χ0) is 50.8. The van der Waals surface area contributed by atoms with Crippen molar-refractivity contribution in [3.05, 3.63) is 141 Å². The van der Waals surface area contributed by atoms with E-state index in [0.29, 0.717) is 31.9 Å². The van der Waals surface area contributed by atoms with Crippen LogP contribution in [0.1, 0.15) is 64.6 Å². The van der Waals surface area contributed by atoms with Crippen LogP contribution in [-0.4, -0.2) is 121 Å². The first-order valence-electron chi connectivity index (χ1n) is 22.3. The summed E-state index contributed by atoms with van der Waals surface area (Å²) in [5, 5.41) is 13.2. The Balaban J connectivity index is 1.21. The number of halogens is 1. The maximum absolute atomic E-state index is 15.8. The van der Waals surface area contributed by atoms with Gasteiger partial charge in [-0.3, -0.25) is 14.5 Å². The number of carbonyl (C=O) groups excluding carboxylic acids is 3. The van der Waals surface area contributed by atoms with Crippen molar-refractivity contribution >= 4 is 60.5 Å². The lowest BCUT2D eigenvalue weighted by atomic mass is 10.1. The molecule has 2 aliphatic rings. The van der Waals surface area contributed by atoms with E-state index < -0.39 is 65.4 Å². The van der Waals surface area contributed by atoms with Crippen LogP contribution in [0.5, 0.6) is 17.2 Å². The van der Waals surface area contributed by atoms with E-state index in [4.69, 9.17) is 18.9 Å². The molecule has 0 aliphatic carbocycles. The molecule has 8 rings (SSSR count). The molecule has 3 heterocycles. The Morgan fingerprint density at radius 1 is 0.761 bits per heavy atom. The number of tetrazole rings is 1. The summed E-state index contributed by atoms with van der Waals surface area (Å²) in [6.45, 7) is 4.24. The number of aromatic nitrogens is 4. The Kier molecular flexibility index (Phi) is 14.8. The zero-order valence-corrected chi connectivity index (χ0v) is 43.4. The number of benzene rings is 5. The topological polar surface area (TPSA) is 222 Å². The molecule has 2 aliphatic heterocycles. The number of hydrogen-bond donors (Lipinski definition) is 1. The predicted octanol–water partition coefficient (Wildman–Crippen LogP) is 6.36. The Morgan fingerprint density at radius 3 is 1.79 bits per heavy atom. The van der Waals surface area contributed by atoms with Gasteiger partial charge in [0.25, 0.3) is 11.8 Å². The highest BCUT2D eigenvalue weighted by Gasteiger charge is 2.45. The summed E-state index contributed by atoms with van der Waals surface area (Å²) < 4.78 is 87.9. The van der Waals surface area contributed by atoms with E-state index in [1.807, 2.05) is 34.7 Å². The van der Waals surface area contributed by atoms with Crippen molar-refractivity contribution in [1.82, 2.24) is 39.0 Å². The smallest absolute Gasteiger partial charge is 0.410 e. The molecule has 19 nitrogen and oxygen atoms in total. The highest BCUT2D eigenvalue weighted by molar-refractivity contribution is 14.1. The lowest BCUT2D eigenvalue weighted by molar-refractivity contribution is 0.0189. The SMILES string of the molecule is COc1ccc(CN(Cc2ccc(OC)cc2)S(=O)(=O)c2c(S(=O)(=O)NC3CC(CN4C(=O)c5ccccc5C4=O)N(C(=O)OC(C)(C)C)C3)ccc(I)c2-c2nnn(Cc3ccc(OC)cc3)n2)cc1. The lowest BCUT2D eigenvalue weighted by Gasteiger charge is -2.30. The van der Waals surface area contributed by atoms with Gasteiger partial charge in [-0.05, 0) is 132 Å². The number of sulfonamides is 2. The molecule has 1 saturated heterocycles. The number of imide groups is 1.